The summed E-state index contributed by atoms with van der Waals surface area (Å²) in [6, 6.07) is 0. The van der Waals surface area contributed by atoms with Gasteiger partial charge in [-0.05, 0) is 26.3 Å². The van der Waals surface area contributed by atoms with Crippen LogP contribution in [-0.4, -0.2) is 43.7 Å². The monoisotopic (exact) mass is 282 g/mol. The zero-order valence-electron chi connectivity index (χ0n) is 11.8. The molecule has 1 aromatic heterocycles. The van der Waals surface area contributed by atoms with Gasteiger partial charge in [-0.3, -0.25) is 4.79 Å². The van der Waals surface area contributed by atoms with Gasteiger partial charge in [-0.15, -0.1) is 11.3 Å². The number of Topliss-reactive ketones (excluding diaryl/α,β-unsaturated/α-hetero) is 1. The van der Waals surface area contributed by atoms with Crippen molar-refractivity contribution in [3.8, 4) is 0 Å². The van der Waals surface area contributed by atoms with Crippen LogP contribution < -0.4 is 0 Å². The van der Waals surface area contributed by atoms with E-state index in [1.54, 1.807) is 25.1 Å². The van der Waals surface area contributed by atoms with E-state index in [1.165, 1.54) is 18.3 Å². The number of hydrogen-bond acceptors (Lipinski definition) is 5. The Bertz CT molecular complexity index is 518. The molecule has 0 unspecified atom stereocenters. The number of esters is 1. The number of ether oxygens (including phenoxy) is 1. The molecule has 1 rings (SSSR count). The van der Waals surface area contributed by atoms with E-state index >= 15 is 0 Å². The van der Waals surface area contributed by atoms with Gasteiger partial charge in [-0.25, -0.2) is 9.79 Å². The van der Waals surface area contributed by atoms with Gasteiger partial charge >= 0.3 is 5.97 Å². The van der Waals surface area contributed by atoms with Crippen molar-refractivity contribution >= 4 is 34.4 Å². The number of nitrogens with zero attached hydrogens (tertiary/aromatic N) is 2. The van der Waals surface area contributed by atoms with Crippen LogP contribution in [0.5, 0.6) is 0 Å². The van der Waals surface area contributed by atoms with Crippen LogP contribution in [0.15, 0.2) is 4.99 Å². The minimum absolute atomic E-state index is 0.0700. The molecule has 0 aliphatic rings. The molecule has 19 heavy (non-hydrogen) atoms. The van der Waals surface area contributed by atoms with Crippen molar-refractivity contribution in [3.63, 3.8) is 0 Å². The summed E-state index contributed by atoms with van der Waals surface area (Å²) >= 11 is 1.22. The standard InChI is InChI=1S/C13H18N2O3S/c1-6-18-13(17)10-8(2)11(9(3)16)19-12(10)14-7-15(4)5/h7H,6H2,1-5H3/b14-7+. The molecule has 0 saturated carbocycles. The molecule has 0 N–H and O–H groups in total. The molecule has 1 aromatic rings. The summed E-state index contributed by atoms with van der Waals surface area (Å²) in [5.74, 6) is -0.506. The van der Waals surface area contributed by atoms with Gasteiger partial charge < -0.3 is 9.64 Å². The predicted octanol–water partition coefficient (Wildman–Crippen LogP) is 2.66. The maximum absolute atomic E-state index is 12.0. The Morgan fingerprint density at radius 1 is 1.42 bits per heavy atom. The van der Waals surface area contributed by atoms with Crippen molar-refractivity contribution in [2.75, 3.05) is 20.7 Å². The van der Waals surface area contributed by atoms with Crippen LogP contribution in [-0.2, 0) is 4.74 Å². The summed E-state index contributed by atoms with van der Waals surface area (Å²) in [5, 5.41) is 0.509. The number of carbonyl (C=O) groups is 2. The van der Waals surface area contributed by atoms with E-state index in [0.29, 0.717) is 27.6 Å². The van der Waals surface area contributed by atoms with Crippen LogP contribution in [0, 0.1) is 6.92 Å². The highest BCUT2D eigenvalue weighted by Gasteiger charge is 2.23. The maximum atomic E-state index is 12.0. The second-order valence-corrected chi connectivity index (χ2v) is 5.22. The van der Waals surface area contributed by atoms with Gasteiger partial charge in [-0.2, -0.15) is 0 Å². The lowest BCUT2D eigenvalue weighted by molar-refractivity contribution is 0.0527. The Morgan fingerprint density at radius 3 is 2.53 bits per heavy atom. The molecule has 0 aliphatic carbocycles. The number of thiophene rings is 1. The molecule has 5 nitrogen and oxygen atoms in total. The Morgan fingerprint density at radius 2 is 2.05 bits per heavy atom. The molecular weight excluding hydrogens is 264 g/mol. The van der Waals surface area contributed by atoms with Gasteiger partial charge in [0.05, 0.1) is 17.8 Å². The van der Waals surface area contributed by atoms with Crippen LogP contribution in [0.1, 0.15) is 39.4 Å². The third-order valence-electron chi connectivity index (χ3n) is 2.33. The third-order valence-corrected chi connectivity index (χ3v) is 3.63. The summed E-state index contributed by atoms with van der Waals surface area (Å²) in [6.45, 7) is 5.26. The zero-order valence-corrected chi connectivity index (χ0v) is 12.6. The lowest BCUT2D eigenvalue weighted by atomic mass is 10.1. The Labute approximate surface area is 116 Å². The van der Waals surface area contributed by atoms with Gasteiger partial charge in [-0.1, -0.05) is 0 Å². The molecule has 0 saturated heterocycles. The number of carbonyl (C=O) groups excluding carboxylic acids is 2. The van der Waals surface area contributed by atoms with E-state index in [-0.39, 0.29) is 5.78 Å². The maximum Gasteiger partial charge on any atom is 0.341 e. The molecule has 0 fully saturated rings. The highest BCUT2D eigenvalue weighted by molar-refractivity contribution is 7.18. The summed E-state index contributed by atoms with van der Waals surface area (Å²) < 4.78 is 5.02. The van der Waals surface area contributed by atoms with Gasteiger partial charge in [0, 0.05) is 14.1 Å². The first kappa shape index (κ1) is 15.4. The number of aliphatic imine (C=N–C) groups is 1. The minimum Gasteiger partial charge on any atom is -0.462 e. The molecular formula is C13H18N2O3S. The molecule has 6 heteroatoms. The fourth-order valence-corrected chi connectivity index (χ4v) is 2.57. The average Bonchev–Trinajstić information content (AvgIpc) is 2.64. The molecule has 0 amide bonds. The second kappa shape index (κ2) is 6.47. The van der Waals surface area contributed by atoms with Crippen molar-refractivity contribution in [1.29, 1.82) is 0 Å². The van der Waals surface area contributed by atoms with Crippen LogP contribution in [0.2, 0.25) is 0 Å². The summed E-state index contributed by atoms with van der Waals surface area (Å²) in [6.07, 6.45) is 1.60. The lowest BCUT2D eigenvalue weighted by Crippen LogP contribution is -2.08. The topological polar surface area (TPSA) is 59.0 Å². The molecule has 104 valence electrons. The third kappa shape index (κ3) is 3.64. The van der Waals surface area contributed by atoms with Crippen molar-refractivity contribution in [2.45, 2.75) is 20.8 Å². The normalized spacial score (nSPS) is 10.8. The molecule has 0 aromatic carbocycles. The highest BCUT2D eigenvalue weighted by atomic mass is 32.1. The van der Waals surface area contributed by atoms with E-state index in [2.05, 4.69) is 4.99 Å². The van der Waals surface area contributed by atoms with Gasteiger partial charge in [0.15, 0.2) is 5.78 Å². The van der Waals surface area contributed by atoms with Gasteiger partial charge in [0.1, 0.15) is 10.6 Å². The fraction of sp³-hybridized carbons (Fsp3) is 0.462. The fourth-order valence-electron chi connectivity index (χ4n) is 1.54. The first-order valence-corrected chi connectivity index (χ1v) is 6.72. The summed E-state index contributed by atoms with van der Waals surface area (Å²) in [5.41, 5.74) is 1.03. The van der Waals surface area contributed by atoms with Crippen molar-refractivity contribution in [2.24, 2.45) is 4.99 Å². The van der Waals surface area contributed by atoms with Crippen LogP contribution in [0.4, 0.5) is 5.00 Å². The second-order valence-electron chi connectivity index (χ2n) is 4.22. The molecule has 0 spiro atoms. The van der Waals surface area contributed by atoms with Crippen LogP contribution in [0.3, 0.4) is 0 Å². The average molecular weight is 282 g/mol. The number of hydrogen-bond donors (Lipinski definition) is 0. The molecule has 0 aliphatic heterocycles. The van der Waals surface area contributed by atoms with E-state index in [1.807, 2.05) is 14.1 Å². The van der Waals surface area contributed by atoms with Gasteiger partial charge in [0.25, 0.3) is 0 Å². The Hall–Kier alpha value is -1.69. The summed E-state index contributed by atoms with van der Waals surface area (Å²) in [7, 11) is 3.67. The molecule has 0 atom stereocenters. The van der Waals surface area contributed by atoms with Crippen LogP contribution in [0.25, 0.3) is 0 Å². The SMILES string of the molecule is CCOC(=O)c1c(/N=C/N(C)C)sc(C(C)=O)c1C. The highest BCUT2D eigenvalue weighted by Crippen LogP contribution is 2.36. The van der Waals surface area contributed by atoms with E-state index in [9.17, 15) is 9.59 Å². The van der Waals surface area contributed by atoms with Crippen molar-refractivity contribution < 1.29 is 14.3 Å². The minimum atomic E-state index is -0.436. The number of ketones is 1. The Kier molecular flexibility index (Phi) is 5.23. The van der Waals surface area contributed by atoms with E-state index in [4.69, 9.17) is 4.74 Å². The molecule has 0 bridgehead atoms. The first-order valence-electron chi connectivity index (χ1n) is 5.90. The van der Waals surface area contributed by atoms with Crippen molar-refractivity contribution in [3.05, 3.63) is 16.0 Å². The van der Waals surface area contributed by atoms with Gasteiger partial charge in [0.2, 0.25) is 0 Å². The quantitative estimate of drug-likeness (QED) is 0.360. The van der Waals surface area contributed by atoms with Crippen molar-refractivity contribution in [1.82, 2.24) is 4.90 Å². The first-order chi connectivity index (χ1) is 8.88. The van der Waals surface area contributed by atoms with E-state index in [0.717, 1.165) is 0 Å². The molecule has 1 heterocycles. The lowest BCUT2D eigenvalue weighted by Gasteiger charge is -2.04. The molecule has 0 radical (unpaired) electrons. The smallest absolute Gasteiger partial charge is 0.341 e. The predicted molar refractivity (Wildman–Crippen MR) is 76.9 cm³/mol. The largest absolute Gasteiger partial charge is 0.462 e. The van der Waals surface area contributed by atoms with E-state index < -0.39 is 5.97 Å². The summed E-state index contributed by atoms with van der Waals surface area (Å²) in [4.78, 5) is 30.0. The van der Waals surface area contributed by atoms with Crippen LogP contribution >= 0.6 is 11.3 Å². The Balaban J connectivity index is 3.31. The zero-order chi connectivity index (χ0) is 14.6. The number of rotatable bonds is 5.